The second-order valence-electron chi connectivity index (χ2n) is 5.68. The van der Waals surface area contributed by atoms with Crippen LogP contribution >= 0.6 is 11.6 Å². The summed E-state index contributed by atoms with van der Waals surface area (Å²) in [6.07, 6.45) is 0.112. The zero-order valence-electron chi connectivity index (χ0n) is 13.0. The van der Waals surface area contributed by atoms with E-state index in [4.69, 9.17) is 16.7 Å². The largest absolute Gasteiger partial charge is 0.481 e. The van der Waals surface area contributed by atoms with Crippen molar-refractivity contribution in [3.63, 3.8) is 0 Å². The Kier molecular flexibility index (Phi) is 5.09. The molecule has 3 nitrogen and oxygen atoms in total. The predicted molar refractivity (Wildman–Crippen MR) is 91.9 cm³/mol. The predicted octanol–water partition coefficient (Wildman–Crippen LogP) is 4.65. The number of hydrogen-bond donors (Lipinski definition) is 1. The number of rotatable bonds is 5. The lowest BCUT2D eigenvalue weighted by atomic mass is 9.94. The Labute approximate surface area is 136 Å². The van der Waals surface area contributed by atoms with E-state index in [1.807, 2.05) is 68.4 Å². The van der Waals surface area contributed by atoms with Crippen molar-refractivity contribution >= 4 is 23.3 Å². The van der Waals surface area contributed by atoms with Crippen molar-refractivity contribution < 1.29 is 9.90 Å². The number of hydrogen-bond acceptors (Lipinski definition) is 2. The first-order valence-corrected chi connectivity index (χ1v) is 7.55. The molecular weight excluding hydrogens is 298 g/mol. The topological polar surface area (TPSA) is 40.5 Å². The van der Waals surface area contributed by atoms with Crippen LogP contribution in [0, 0.1) is 0 Å². The molecule has 0 saturated carbocycles. The molecule has 0 saturated heterocycles. The average Bonchev–Trinajstić information content (AvgIpc) is 2.47. The fraction of sp³-hybridized carbons (Fsp3) is 0.278. The lowest BCUT2D eigenvalue weighted by Gasteiger charge is -2.15. The summed E-state index contributed by atoms with van der Waals surface area (Å²) in [5.41, 5.74) is 4.07. The first-order chi connectivity index (χ1) is 10.4. The molecule has 0 radical (unpaired) electrons. The lowest BCUT2D eigenvalue weighted by Crippen LogP contribution is -2.07. The van der Waals surface area contributed by atoms with Crippen LogP contribution in [0.1, 0.15) is 24.8 Å². The Balaban J connectivity index is 2.35. The van der Waals surface area contributed by atoms with Gasteiger partial charge in [-0.15, -0.1) is 0 Å². The smallest absolute Gasteiger partial charge is 0.303 e. The number of benzene rings is 2. The average molecular weight is 318 g/mol. The molecular formula is C18H20ClNO2. The van der Waals surface area contributed by atoms with Crippen molar-refractivity contribution in [2.24, 2.45) is 0 Å². The highest BCUT2D eigenvalue weighted by molar-refractivity contribution is 6.33. The number of anilines is 1. The van der Waals surface area contributed by atoms with Gasteiger partial charge in [0.15, 0.2) is 0 Å². The Morgan fingerprint density at radius 3 is 2.36 bits per heavy atom. The summed E-state index contributed by atoms with van der Waals surface area (Å²) in [5.74, 6) is -0.839. The molecule has 0 heterocycles. The van der Waals surface area contributed by atoms with E-state index in [9.17, 15) is 4.79 Å². The number of nitrogens with zero attached hydrogens (tertiary/aromatic N) is 1. The maximum Gasteiger partial charge on any atom is 0.303 e. The van der Waals surface area contributed by atoms with Crippen molar-refractivity contribution in [3.05, 3.63) is 53.1 Å². The third kappa shape index (κ3) is 3.80. The van der Waals surface area contributed by atoms with E-state index >= 15 is 0 Å². The highest BCUT2D eigenvalue weighted by atomic mass is 35.5. The third-order valence-electron chi connectivity index (χ3n) is 3.73. The minimum Gasteiger partial charge on any atom is -0.481 e. The first kappa shape index (κ1) is 16.4. The van der Waals surface area contributed by atoms with Crippen LogP contribution < -0.4 is 4.90 Å². The summed E-state index contributed by atoms with van der Waals surface area (Å²) >= 11 is 6.32. The Morgan fingerprint density at radius 1 is 1.18 bits per heavy atom. The molecule has 1 unspecified atom stereocenters. The molecule has 0 amide bonds. The molecule has 2 rings (SSSR count). The van der Waals surface area contributed by atoms with Gasteiger partial charge in [0.25, 0.3) is 0 Å². The minimum absolute atomic E-state index is 0.0467. The normalized spacial score (nSPS) is 12.0. The van der Waals surface area contributed by atoms with Gasteiger partial charge in [-0.2, -0.15) is 0 Å². The first-order valence-electron chi connectivity index (χ1n) is 7.17. The molecule has 116 valence electrons. The van der Waals surface area contributed by atoms with Crippen LogP contribution in [0.5, 0.6) is 0 Å². The third-order valence-corrected chi connectivity index (χ3v) is 4.06. The fourth-order valence-electron chi connectivity index (χ4n) is 2.39. The summed E-state index contributed by atoms with van der Waals surface area (Å²) in [4.78, 5) is 12.9. The molecule has 0 fully saturated rings. The molecule has 0 aliphatic rings. The number of aliphatic carboxylic acids is 1. The van der Waals surface area contributed by atoms with Gasteiger partial charge in [-0.1, -0.05) is 36.7 Å². The number of halogens is 1. The molecule has 0 aromatic heterocycles. The van der Waals surface area contributed by atoms with Gasteiger partial charge in [0.1, 0.15) is 0 Å². The Bertz CT molecular complexity index is 665. The van der Waals surface area contributed by atoms with Crippen molar-refractivity contribution in [2.45, 2.75) is 19.3 Å². The molecule has 1 atom stereocenters. The number of carbonyl (C=O) groups is 1. The molecule has 0 aliphatic heterocycles. The maximum atomic E-state index is 10.9. The lowest BCUT2D eigenvalue weighted by molar-refractivity contribution is -0.137. The zero-order chi connectivity index (χ0) is 16.3. The van der Waals surface area contributed by atoms with Crippen molar-refractivity contribution in [3.8, 4) is 11.1 Å². The maximum absolute atomic E-state index is 10.9. The van der Waals surface area contributed by atoms with E-state index in [2.05, 4.69) is 0 Å². The molecule has 2 aromatic carbocycles. The highest BCUT2D eigenvalue weighted by Crippen LogP contribution is 2.32. The quantitative estimate of drug-likeness (QED) is 0.872. The van der Waals surface area contributed by atoms with Gasteiger partial charge in [-0.3, -0.25) is 4.79 Å². The molecule has 4 heteroatoms. The standard InChI is InChI=1S/C18H20ClNO2/c1-12(10-18(21)22)14-6-9-17(19)16(11-14)13-4-7-15(8-5-13)20(2)3/h4-9,11-12H,10H2,1-3H3,(H,21,22). The van der Waals surface area contributed by atoms with E-state index in [0.717, 1.165) is 22.4 Å². The van der Waals surface area contributed by atoms with Gasteiger partial charge in [0, 0.05) is 30.4 Å². The molecule has 0 spiro atoms. The molecule has 1 N–H and O–H groups in total. The summed E-state index contributed by atoms with van der Waals surface area (Å²) in [7, 11) is 3.99. The van der Waals surface area contributed by atoms with E-state index in [1.54, 1.807) is 0 Å². The van der Waals surface area contributed by atoms with Crippen LogP contribution in [0.4, 0.5) is 5.69 Å². The minimum atomic E-state index is -0.792. The van der Waals surface area contributed by atoms with Crippen molar-refractivity contribution in [2.75, 3.05) is 19.0 Å². The second kappa shape index (κ2) is 6.84. The highest BCUT2D eigenvalue weighted by Gasteiger charge is 2.13. The SMILES string of the molecule is CC(CC(=O)O)c1ccc(Cl)c(-c2ccc(N(C)C)cc2)c1. The van der Waals surface area contributed by atoms with Crippen LogP contribution in [0.2, 0.25) is 5.02 Å². The van der Waals surface area contributed by atoms with E-state index in [1.165, 1.54) is 0 Å². The van der Waals surface area contributed by atoms with Gasteiger partial charge in [0.05, 0.1) is 6.42 Å². The molecule has 2 aromatic rings. The number of carboxylic acids is 1. The van der Waals surface area contributed by atoms with Crippen LogP contribution in [0.25, 0.3) is 11.1 Å². The van der Waals surface area contributed by atoms with Crippen LogP contribution in [0.3, 0.4) is 0 Å². The van der Waals surface area contributed by atoms with Crippen LogP contribution in [-0.2, 0) is 4.79 Å². The summed E-state index contributed by atoms with van der Waals surface area (Å²) in [6.45, 7) is 1.91. The van der Waals surface area contributed by atoms with E-state index in [-0.39, 0.29) is 12.3 Å². The molecule has 0 bridgehead atoms. The molecule has 22 heavy (non-hydrogen) atoms. The van der Waals surface area contributed by atoms with Gasteiger partial charge >= 0.3 is 5.97 Å². The Morgan fingerprint density at radius 2 is 1.82 bits per heavy atom. The Hall–Kier alpha value is -2.00. The van der Waals surface area contributed by atoms with Crippen molar-refractivity contribution in [1.82, 2.24) is 0 Å². The second-order valence-corrected chi connectivity index (χ2v) is 6.09. The van der Waals surface area contributed by atoms with Gasteiger partial charge in [-0.25, -0.2) is 0 Å². The van der Waals surface area contributed by atoms with Gasteiger partial charge in [-0.05, 0) is 41.3 Å². The summed E-state index contributed by atoms with van der Waals surface area (Å²) < 4.78 is 0. The fourth-order valence-corrected chi connectivity index (χ4v) is 2.62. The van der Waals surface area contributed by atoms with Gasteiger partial charge in [0.2, 0.25) is 0 Å². The van der Waals surface area contributed by atoms with Crippen LogP contribution in [-0.4, -0.2) is 25.2 Å². The van der Waals surface area contributed by atoms with Gasteiger partial charge < -0.3 is 10.0 Å². The summed E-state index contributed by atoms with van der Waals surface area (Å²) in [5, 5.41) is 9.61. The van der Waals surface area contributed by atoms with Crippen LogP contribution in [0.15, 0.2) is 42.5 Å². The van der Waals surface area contributed by atoms with E-state index < -0.39 is 5.97 Å². The monoisotopic (exact) mass is 317 g/mol. The summed E-state index contributed by atoms with van der Waals surface area (Å²) in [6, 6.07) is 13.9. The number of carboxylic acid groups (broad SMARTS) is 1. The molecule has 0 aliphatic carbocycles. The van der Waals surface area contributed by atoms with E-state index in [0.29, 0.717) is 5.02 Å². The van der Waals surface area contributed by atoms with Crippen molar-refractivity contribution in [1.29, 1.82) is 0 Å². The zero-order valence-corrected chi connectivity index (χ0v) is 13.8.